The number of anilines is 1. The van der Waals surface area contributed by atoms with E-state index in [0.717, 1.165) is 0 Å². The van der Waals surface area contributed by atoms with Gasteiger partial charge in [-0.25, -0.2) is 0 Å². The first-order valence-corrected chi connectivity index (χ1v) is 4.97. The highest BCUT2D eigenvalue weighted by atomic mass is 35.5. The SMILES string of the molecule is CCN(CC)C(=O)c1cc(N)cc(O)c1.Cl. The van der Waals surface area contributed by atoms with Gasteiger partial charge in [0.25, 0.3) is 5.91 Å². The summed E-state index contributed by atoms with van der Waals surface area (Å²) in [7, 11) is 0. The van der Waals surface area contributed by atoms with Gasteiger partial charge in [0, 0.05) is 30.4 Å². The summed E-state index contributed by atoms with van der Waals surface area (Å²) >= 11 is 0. The molecule has 3 N–H and O–H groups in total. The molecule has 16 heavy (non-hydrogen) atoms. The van der Waals surface area contributed by atoms with Crippen LogP contribution in [0.5, 0.6) is 5.75 Å². The summed E-state index contributed by atoms with van der Waals surface area (Å²) < 4.78 is 0. The van der Waals surface area contributed by atoms with Crippen LogP contribution in [0, 0.1) is 0 Å². The number of phenols is 1. The zero-order valence-electron chi connectivity index (χ0n) is 9.43. The minimum absolute atomic E-state index is 0. The van der Waals surface area contributed by atoms with E-state index in [1.807, 2.05) is 13.8 Å². The minimum Gasteiger partial charge on any atom is -0.508 e. The Labute approximate surface area is 101 Å². The van der Waals surface area contributed by atoms with Crippen LogP contribution in [0.25, 0.3) is 0 Å². The number of aromatic hydroxyl groups is 1. The molecule has 0 spiro atoms. The topological polar surface area (TPSA) is 66.6 Å². The summed E-state index contributed by atoms with van der Waals surface area (Å²) in [4.78, 5) is 13.5. The smallest absolute Gasteiger partial charge is 0.254 e. The third kappa shape index (κ3) is 3.31. The molecule has 0 aliphatic carbocycles. The molecule has 0 aliphatic rings. The van der Waals surface area contributed by atoms with Crippen molar-refractivity contribution in [1.82, 2.24) is 4.90 Å². The van der Waals surface area contributed by atoms with E-state index in [-0.39, 0.29) is 24.1 Å². The largest absolute Gasteiger partial charge is 0.508 e. The molecule has 0 unspecified atom stereocenters. The van der Waals surface area contributed by atoms with Crippen LogP contribution < -0.4 is 5.73 Å². The van der Waals surface area contributed by atoms with Gasteiger partial charge < -0.3 is 15.7 Å². The normalized spacial score (nSPS) is 9.38. The van der Waals surface area contributed by atoms with Crippen LogP contribution in [0.1, 0.15) is 24.2 Å². The van der Waals surface area contributed by atoms with Crippen LogP contribution in [0.4, 0.5) is 5.69 Å². The van der Waals surface area contributed by atoms with Crippen LogP contribution in [-0.4, -0.2) is 29.0 Å². The number of hydrogen-bond donors (Lipinski definition) is 2. The summed E-state index contributed by atoms with van der Waals surface area (Å²) in [5.41, 5.74) is 6.37. The molecular weight excluding hydrogens is 228 g/mol. The molecule has 90 valence electrons. The van der Waals surface area contributed by atoms with Crippen molar-refractivity contribution < 1.29 is 9.90 Å². The number of nitrogens with zero attached hydrogens (tertiary/aromatic N) is 1. The standard InChI is InChI=1S/C11H16N2O2.ClH/c1-3-13(4-2)11(15)8-5-9(12)7-10(14)6-8;/h5-7,14H,3-4,12H2,1-2H3;1H. The van der Waals surface area contributed by atoms with E-state index in [2.05, 4.69) is 0 Å². The number of rotatable bonds is 3. The molecule has 4 nitrogen and oxygen atoms in total. The Morgan fingerprint density at radius 3 is 2.31 bits per heavy atom. The van der Waals surface area contributed by atoms with Gasteiger partial charge in [-0.2, -0.15) is 0 Å². The second-order valence-electron chi connectivity index (χ2n) is 3.29. The second-order valence-corrected chi connectivity index (χ2v) is 3.29. The van der Waals surface area contributed by atoms with E-state index in [4.69, 9.17) is 5.73 Å². The average Bonchev–Trinajstić information content (AvgIpc) is 2.18. The lowest BCUT2D eigenvalue weighted by atomic mass is 10.1. The van der Waals surface area contributed by atoms with Crippen LogP contribution in [0.3, 0.4) is 0 Å². The highest BCUT2D eigenvalue weighted by molar-refractivity contribution is 5.95. The lowest BCUT2D eigenvalue weighted by Crippen LogP contribution is -2.30. The first kappa shape index (κ1) is 14.6. The van der Waals surface area contributed by atoms with Gasteiger partial charge in [0.2, 0.25) is 0 Å². The second kappa shape index (κ2) is 6.23. The van der Waals surface area contributed by atoms with E-state index < -0.39 is 0 Å². The maximum absolute atomic E-state index is 11.9. The average molecular weight is 245 g/mol. The monoisotopic (exact) mass is 244 g/mol. The molecule has 1 aromatic rings. The van der Waals surface area contributed by atoms with E-state index in [0.29, 0.717) is 24.3 Å². The Balaban J connectivity index is 0.00000225. The van der Waals surface area contributed by atoms with Gasteiger partial charge in [0.05, 0.1) is 0 Å². The number of phenolic OH excluding ortho intramolecular Hbond substituents is 1. The van der Waals surface area contributed by atoms with E-state index in [1.54, 1.807) is 11.0 Å². The van der Waals surface area contributed by atoms with Crippen molar-refractivity contribution in [3.8, 4) is 5.75 Å². The van der Waals surface area contributed by atoms with Crippen molar-refractivity contribution in [3.05, 3.63) is 23.8 Å². The molecule has 0 saturated heterocycles. The van der Waals surface area contributed by atoms with E-state index in [9.17, 15) is 9.90 Å². The van der Waals surface area contributed by atoms with Crippen LogP contribution >= 0.6 is 12.4 Å². The Morgan fingerprint density at radius 2 is 1.88 bits per heavy atom. The Bertz CT molecular complexity index is 345. The molecule has 1 amide bonds. The zero-order chi connectivity index (χ0) is 11.4. The summed E-state index contributed by atoms with van der Waals surface area (Å²) in [6, 6.07) is 4.41. The number of benzene rings is 1. The lowest BCUT2D eigenvalue weighted by Gasteiger charge is -2.18. The van der Waals surface area contributed by atoms with Gasteiger partial charge in [-0.15, -0.1) is 12.4 Å². The van der Waals surface area contributed by atoms with E-state index >= 15 is 0 Å². The van der Waals surface area contributed by atoms with E-state index in [1.165, 1.54) is 12.1 Å². The van der Waals surface area contributed by atoms with Crippen molar-refractivity contribution in [2.75, 3.05) is 18.8 Å². The van der Waals surface area contributed by atoms with Gasteiger partial charge in [-0.3, -0.25) is 4.79 Å². The Kier molecular flexibility index (Phi) is 5.67. The van der Waals surface area contributed by atoms with Crippen LogP contribution in [0.2, 0.25) is 0 Å². The summed E-state index contributed by atoms with van der Waals surface area (Å²) in [6.45, 7) is 5.11. The molecule has 0 bridgehead atoms. The fourth-order valence-electron chi connectivity index (χ4n) is 1.45. The van der Waals surface area contributed by atoms with Crippen molar-refractivity contribution in [1.29, 1.82) is 0 Å². The molecule has 0 saturated carbocycles. The molecule has 0 atom stereocenters. The predicted octanol–water partition coefficient (Wildman–Crippen LogP) is 1.88. The lowest BCUT2D eigenvalue weighted by molar-refractivity contribution is 0.0772. The highest BCUT2D eigenvalue weighted by Gasteiger charge is 2.13. The Hall–Kier alpha value is -1.42. The fourth-order valence-corrected chi connectivity index (χ4v) is 1.45. The molecular formula is C11H17ClN2O2. The van der Waals surface area contributed by atoms with Crippen LogP contribution in [0.15, 0.2) is 18.2 Å². The van der Waals surface area contributed by atoms with Crippen molar-refractivity contribution in [2.45, 2.75) is 13.8 Å². The fraction of sp³-hybridized carbons (Fsp3) is 0.364. The molecule has 0 aliphatic heterocycles. The number of amides is 1. The Morgan fingerprint density at radius 1 is 1.31 bits per heavy atom. The maximum atomic E-state index is 11.9. The first-order valence-electron chi connectivity index (χ1n) is 4.97. The quantitative estimate of drug-likeness (QED) is 0.798. The molecule has 5 heteroatoms. The summed E-state index contributed by atoms with van der Waals surface area (Å²) in [5, 5.41) is 9.32. The van der Waals surface area contributed by atoms with Crippen molar-refractivity contribution >= 4 is 24.0 Å². The van der Waals surface area contributed by atoms with Crippen molar-refractivity contribution in [3.63, 3.8) is 0 Å². The van der Waals surface area contributed by atoms with Crippen LogP contribution in [-0.2, 0) is 0 Å². The molecule has 0 fully saturated rings. The number of nitrogens with two attached hydrogens (primary N) is 1. The summed E-state index contributed by atoms with van der Waals surface area (Å²) in [6.07, 6.45) is 0. The molecule has 1 aromatic carbocycles. The van der Waals surface area contributed by atoms with Gasteiger partial charge in [-0.05, 0) is 26.0 Å². The zero-order valence-corrected chi connectivity index (χ0v) is 10.3. The predicted molar refractivity (Wildman–Crippen MR) is 67.0 cm³/mol. The van der Waals surface area contributed by atoms with Gasteiger partial charge in [0.1, 0.15) is 5.75 Å². The highest BCUT2D eigenvalue weighted by Crippen LogP contribution is 2.18. The maximum Gasteiger partial charge on any atom is 0.254 e. The number of carbonyl (C=O) groups excluding carboxylic acids is 1. The number of nitrogen functional groups attached to an aromatic ring is 1. The molecule has 0 heterocycles. The minimum atomic E-state index is -0.109. The first-order chi connectivity index (χ1) is 7.08. The molecule has 0 aromatic heterocycles. The number of halogens is 1. The third-order valence-corrected chi connectivity index (χ3v) is 2.24. The van der Waals surface area contributed by atoms with Gasteiger partial charge in [-0.1, -0.05) is 0 Å². The molecule has 1 rings (SSSR count). The summed E-state index contributed by atoms with van der Waals surface area (Å²) in [5.74, 6) is -0.0897. The number of hydrogen-bond acceptors (Lipinski definition) is 3. The number of carbonyl (C=O) groups is 1. The molecule has 0 radical (unpaired) electrons. The van der Waals surface area contributed by atoms with Gasteiger partial charge in [0.15, 0.2) is 0 Å². The third-order valence-electron chi connectivity index (χ3n) is 2.24. The van der Waals surface area contributed by atoms with Crippen molar-refractivity contribution in [2.24, 2.45) is 0 Å². The van der Waals surface area contributed by atoms with Gasteiger partial charge >= 0.3 is 0 Å².